The minimum Gasteiger partial charge on any atom is -0.366 e. The van der Waals surface area contributed by atoms with Gasteiger partial charge in [-0.3, -0.25) is 10.5 Å². The second kappa shape index (κ2) is 8.17. The lowest BCUT2D eigenvalue weighted by Gasteiger charge is -2.46. The fourth-order valence-corrected chi connectivity index (χ4v) is 4.01. The van der Waals surface area contributed by atoms with Gasteiger partial charge in [0.2, 0.25) is 0 Å². The number of benzene rings is 1. The highest BCUT2D eigenvalue weighted by Gasteiger charge is 2.42. The number of hydroxylamine groups is 3. The molecule has 0 saturated carbocycles. The first-order valence-electron chi connectivity index (χ1n) is 8.42. The summed E-state index contributed by atoms with van der Waals surface area (Å²) in [4.78, 5) is 19.4. The summed E-state index contributed by atoms with van der Waals surface area (Å²) in [5, 5.41) is 0.975. The van der Waals surface area contributed by atoms with Crippen LogP contribution in [0, 0.1) is 0 Å². The number of carbonyl (C=O) groups is 1. The molecule has 1 aliphatic heterocycles. The Morgan fingerprint density at radius 1 is 1.46 bits per heavy atom. The third kappa shape index (κ3) is 4.42. The molecule has 4 N–H and O–H groups in total. The number of nitrogens with two attached hydrogens (primary N) is 2. The molecular formula is C17H27N4O4S+. The van der Waals surface area contributed by atoms with Gasteiger partial charge in [0.25, 0.3) is 5.91 Å². The van der Waals surface area contributed by atoms with E-state index in [0.29, 0.717) is 38.2 Å². The van der Waals surface area contributed by atoms with Crippen LogP contribution in [0.15, 0.2) is 36.3 Å². The molecule has 1 amide bonds. The molecule has 9 heteroatoms. The van der Waals surface area contributed by atoms with Gasteiger partial charge in [-0.15, -0.1) is 0 Å². The van der Waals surface area contributed by atoms with Crippen molar-refractivity contribution in [3.05, 3.63) is 41.8 Å². The molecule has 2 rings (SSSR count). The van der Waals surface area contributed by atoms with Gasteiger partial charge >= 0.3 is 0 Å². The lowest BCUT2D eigenvalue weighted by atomic mass is 10.1. The van der Waals surface area contributed by atoms with Crippen molar-refractivity contribution in [2.75, 3.05) is 43.9 Å². The summed E-state index contributed by atoms with van der Waals surface area (Å²) in [7, 11) is -1.67. The topological polar surface area (TPSA) is 116 Å². The van der Waals surface area contributed by atoms with E-state index in [1.165, 1.54) is 0 Å². The van der Waals surface area contributed by atoms with Crippen molar-refractivity contribution in [2.45, 2.75) is 12.6 Å². The molecule has 1 aromatic carbocycles. The third-order valence-electron chi connectivity index (χ3n) is 4.85. The van der Waals surface area contributed by atoms with Crippen molar-refractivity contribution < 1.29 is 22.7 Å². The lowest BCUT2D eigenvalue weighted by molar-refractivity contribution is -1.12. The number of sulfone groups is 1. The Morgan fingerprint density at radius 2 is 2.15 bits per heavy atom. The highest BCUT2D eigenvalue weighted by molar-refractivity contribution is 7.94. The normalized spacial score (nSPS) is 23.6. The largest absolute Gasteiger partial charge is 0.366 e. The molecule has 0 spiro atoms. The monoisotopic (exact) mass is 383 g/mol. The number of carbonyl (C=O) groups excluding carboxylic acids is 1. The highest BCUT2D eigenvalue weighted by Crippen LogP contribution is 2.26. The molecule has 1 aliphatic rings. The van der Waals surface area contributed by atoms with E-state index in [9.17, 15) is 13.2 Å². The second-order valence-electron chi connectivity index (χ2n) is 6.36. The number of nitrogens with zero attached hydrogens (tertiary/aromatic N) is 2. The average molecular weight is 383 g/mol. The second-order valence-corrected chi connectivity index (χ2v) is 8.43. The number of quaternary nitrogens is 1. The van der Waals surface area contributed by atoms with Crippen molar-refractivity contribution in [2.24, 2.45) is 11.5 Å². The van der Waals surface area contributed by atoms with Crippen LogP contribution in [0.4, 0.5) is 5.69 Å². The molecule has 26 heavy (non-hydrogen) atoms. The summed E-state index contributed by atoms with van der Waals surface area (Å²) in [6.07, 6.45) is 0.0365. The van der Waals surface area contributed by atoms with Gasteiger partial charge in [-0.1, -0.05) is 18.7 Å². The number of amides is 1. The third-order valence-corrected chi connectivity index (χ3v) is 6.22. The standard InChI is InChI=1S/C17H26N4O4S/c1-3-26(23,24)12-6-10-21(25-2)11-9-20(13-16(21)18)15-8-5-4-7-14(15)17(19)22/h3-5,7-8,16H,1,6,9-13,18H2,2H3,(H-,19,22)/p+1. The van der Waals surface area contributed by atoms with Gasteiger partial charge < -0.3 is 10.6 Å². The van der Waals surface area contributed by atoms with Gasteiger partial charge in [0, 0.05) is 17.5 Å². The maximum absolute atomic E-state index is 11.7. The lowest BCUT2D eigenvalue weighted by Crippen LogP contribution is -2.69. The van der Waals surface area contributed by atoms with Gasteiger partial charge in [0.15, 0.2) is 16.0 Å². The molecule has 1 heterocycles. The summed E-state index contributed by atoms with van der Waals surface area (Å²) in [5.41, 5.74) is 13.0. The van der Waals surface area contributed by atoms with E-state index in [0.717, 1.165) is 11.1 Å². The van der Waals surface area contributed by atoms with E-state index >= 15 is 0 Å². The summed E-state index contributed by atoms with van der Waals surface area (Å²) < 4.78 is 23.4. The highest BCUT2D eigenvalue weighted by atomic mass is 32.2. The molecule has 8 nitrogen and oxygen atoms in total. The molecule has 0 bridgehead atoms. The number of hydrogen-bond donors (Lipinski definition) is 2. The molecule has 1 fully saturated rings. The Bertz CT molecular complexity index is 768. The first kappa shape index (κ1) is 20.4. The van der Waals surface area contributed by atoms with Crippen LogP contribution >= 0.6 is 0 Å². The summed E-state index contributed by atoms with van der Waals surface area (Å²) in [5.74, 6) is -0.470. The Labute approximate surface area is 154 Å². The van der Waals surface area contributed by atoms with Crippen molar-refractivity contribution in [1.29, 1.82) is 0 Å². The minimum absolute atomic E-state index is 0.0147. The molecule has 1 aromatic rings. The number of para-hydroxylation sites is 1. The van der Waals surface area contributed by atoms with Gasteiger partial charge in [0.05, 0.1) is 31.5 Å². The van der Waals surface area contributed by atoms with E-state index in [1.807, 2.05) is 17.0 Å². The van der Waals surface area contributed by atoms with Crippen LogP contribution in [0.25, 0.3) is 0 Å². The van der Waals surface area contributed by atoms with Gasteiger partial charge in [0.1, 0.15) is 13.1 Å². The van der Waals surface area contributed by atoms with Crippen LogP contribution in [0.3, 0.4) is 0 Å². The first-order valence-corrected chi connectivity index (χ1v) is 10.1. The molecule has 1 saturated heterocycles. The molecule has 0 aromatic heterocycles. The smallest absolute Gasteiger partial charge is 0.250 e. The summed E-state index contributed by atoms with van der Waals surface area (Å²) in [6.45, 7) is 5.45. The summed E-state index contributed by atoms with van der Waals surface area (Å²) in [6, 6.07) is 7.15. The number of hydrogen-bond acceptors (Lipinski definition) is 6. The predicted octanol–water partition coefficient (Wildman–Crippen LogP) is 0.217. The Hall–Kier alpha value is -1.94. The van der Waals surface area contributed by atoms with Gasteiger partial charge in [-0.25, -0.2) is 13.3 Å². The maximum Gasteiger partial charge on any atom is 0.250 e. The quantitative estimate of drug-likeness (QED) is 0.620. The van der Waals surface area contributed by atoms with Crippen LogP contribution in [-0.2, 0) is 14.7 Å². The molecular weight excluding hydrogens is 356 g/mol. The Morgan fingerprint density at radius 3 is 2.73 bits per heavy atom. The molecule has 0 radical (unpaired) electrons. The van der Waals surface area contributed by atoms with E-state index in [-0.39, 0.29) is 16.6 Å². The van der Waals surface area contributed by atoms with Crippen LogP contribution < -0.4 is 16.4 Å². The van der Waals surface area contributed by atoms with Crippen LogP contribution in [0.2, 0.25) is 0 Å². The average Bonchev–Trinajstić information content (AvgIpc) is 2.63. The van der Waals surface area contributed by atoms with E-state index < -0.39 is 15.7 Å². The SMILES string of the molecule is C=CS(=O)(=O)CCC[N+]1(OC)CCN(c2ccccc2C(N)=O)CC1N. The van der Waals surface area contributed by atoms with Crippen LogP contribution in [0.1, 0.15) is 16.8 Å². The zero-order valence-corrected chi connectivity index (χ0v) is 15.8. The molecule has 2 unspecified atom stereocenters. The fourth-order valence-electron chi connectivity index (χ4n) is 3.31. The van der Waals surface area contributed by atoms with Gasteiger partial charge in [-0.05, 0) is 12.1 Å². The molecule has 2 atom stereocenters. The number of rotatable bonds is 8. The van der Waals surface area contributed by atoms with Crippen molar-refractivity contribution in [3.63, 3.8) is 0 Å². The van der Waals surface area contributed by atoms with Crippen LogP contribution in [-0.4, -0.2) is 64.2 Å². The van der Waals surface area contributed by atoms with Crippen LogP contribution in [0.5, 0.6) is 0 Å². The molecule has 0 aliphatic carbocycles. The number of primary amides is 1. The Balaban J connectivity index is 2.11. The maximum atomic E-state index is 11.7. The van der Waals surface area contributed by atoms with Gasteiger partial charge in [-0.2, -0.15) is 4.65 Å². The first-order chi connectivity index (χ1) is 12.2. The van der Waals surface area contributed by atoms with E-state index in [2.05, 4.69) is 6.58 Å². The number of anilines is 1. The van der Waals surface area contributed by atoms with E-state index in [1.54, 1.807) is 19.2 Å². The zero-order chi connectivity index (χ0) is 19.4. The van der Waals surface area contributed by atoms with Crippen molar-refractivity contribution in [3.8, 4) is 0 Å². The van der Waals surface area contributed by atoms with Crippen molar-refractivity contribution >= 4 is 21.4 Å². The fraction of sp³-hybridized carbons (Fsp3) is 0.471. The summed E-state index contributed by atoms with van der Waals surface area (Å²) >= 11 is 0. The number of piperazine rings is 1. The van der Waals surface area contributed by atoms with Crippen molar-refractivity contribution in [1.82, 2.24) is 0 Å². The molecule has 144 valence electrons. The predicted molar refractivity (Wildman–Crippen MR) is 101 cm³/mol. The minimum atomic E-state index is -3.25. The van der Waals surface area contributed by atoms with E-state index in [4.69, 9.17) is 16.3 Å². The Kier molecular flexibility index (Phi) is 6.40. The zero-order valence-electron chi connectivity index (χ0n) is 15.0.